The summed E-state index contributed by atoms with van der Waals surface area (Å²) in [5.74, 6) is 0.427. The van der Waals surface area contributed by atoms with Crippen LogP contribution in [-0.4, -0.2) is 42.7 Å². The standard InChI is InChI=1S/C11H20ClN4O4P/c1-3-19-21(17,20-4-2)8-18-6-5-14-11-9(13)10(12)15-7-16-11/h7H,3-6,8,13H2,1-2H3,(H,14,15,16). The number of halogens is 1. The van der Waals surface area contributed by atoms with Gasteiger partial charge in [0.15, 0.2) is 11.0 Å². The summed E-state index contributed by atoms with van der Waals surface area (Å²) in [5, 5.41) is 3.13. The number of hydrogen-bond acceptors (Lipinski definition) is 8. The summed E-state index contributed by atoms with van der Waals surface area (Å²) in [6, 6.07) is 0. The molecule has 21 heavy (non-hydrogen) atoms. The molecule has 1 rings (SSSR count). The highest BCUT2D eigenvalue weighted by Crippen LogP contribution is 2.47. The highest BCUT2D eigenvalue weighted by Gasteiger charge is 2.23. The number of nitrogen functional groups attached to an aromatic ring is 1. The van der Waals surface area contributed by atoms with Crippen molar-refractivity contribution in [2.45, 2.75) is 13.8 Å². The zero-order valence-corrected chi connectivity index (χ0v) is 13.7. The third kappa shape index (κ3) is 6.15. The van der Waals surface area contributed by atoms with Crippen LogP contribution in [0.1, 0.15) is 13.8 Å². The monoisotopic (exact) mass is 338 g/mol. The first-order valence-corrected chi connectivity index (χ1v) is 8.58. The largest absolute Gasteiger partial charge is 0.393 e. The normalized spacial score (nSPS) is 11.6. The molecule has 0 fully saturated rings. The minimum atomic E-state index is -3.17. The van der Waals surface area contributed by atoms with E-state index in [9.17, 15) is 4.57 Å². The SMILES string of the molecule is CCOP(=O)(COCCNc1ncnc(Cl)c1N)OCC. The lowest BCUT2D eigenvalue weighted by Gasteiger charge is -2.17. The molecule has 0 radical (unpaired) electrons. The zero-order valence-electron chi connectivity index (χ0n) is 12.0. The lowest BCUT2D eigenvalue weighted by atomic mass is 10.5. The molecule has 1 aromatic rings. The highest BCUT2D eigenvalue weighted by molar-refractivity contribution is 7.53. The van der Waals surface area contributed by atoms with Gasteiger partial charge in [0.25, 0.3) is 0 Å². The number of aromatic nitrogens is 2. The predicted molar refractivity (Wildman–Crippen MR) is 81.6 cm³/mol. The van der Waals surface area contributed by atoms with E-state index in [0.717, 1.165) is 0 Å². The first kappa shape index (κ1) is 18.1. The van der Waals surface area contributed by atoms with Gasteiger partial charge in [0.2, 0.25) is 0 Å². The molecular formula is C11H20ClN4O4P. The molecule has 0 aliphatic rings. The Morgan fingerprint density at radius 1 is 1.33 bits per heavy atom. The van der Waals surface area contributed by atoms with Crippen LogP contribution in [0.25, 0.3) is 0 Å². The van der Waals surface area contributed by atoms with E-state index in [1.165, 1.54) is 6.33 Å². The van der Waals surface area contributed by atoms with Crippen LogP contribution in [0, 0.1) is 0 Å². The molecule has 0 aliphatic carbocycles. The maximum atomic E-state index is 12.1. The zero-order chi connectivity index (χ0) is 15.7. The molecule has 0 saturated heterocycles. The second-order valence-corrected chi connectivity index (χ2v) is 6.19. The Labute approximate surface area is 128 Å². The molecule has 10 heteroatoms. The van der Waals surface area contributed by atoms with Gasteiger partial charge in [-0.2, -0.15) is 0 Å². The molecule has 8 nitrogen and oxygen atoms in total. The topological polar surface area (TPSA) is 109 Å². The van der Waals surface area contributed by atoms with Gasteiger partial charge >= 0.3 is 7.60 Å². The van der Waals surface area contributed by atoms with Crippen molar-refractivity contribution in [1.82, 2.24) is 9.97 Å². The van der Waals surface area contributed by atoms with Gasteiger partial charge in [-0.15, -0.1) is 0 Å². The smallest absolute Gasteiger partial charge is 0.356 e. The van der Waals surface area contributed by atoms with Crippen molar-refractivity contribution in [2.24, 2.45) is 0 Å². The first-order valence-electron chi connectivity index (χ1n) is 6.48. The minimum Gasteiger partial charge on any atom is -0.393 e. The Morgan fingerprint density at radius 3 is 2.62 bits per heavy atom. The van der Waals surface area contributed by atoms with Gasteiger partial charge in [0.1, 0.15) is 18.4 Å². The number of rotatable bonds is 10. The molecule has 0 spiro atoms. The van der Waals surface area contributed by atoms with E-state index in [1.54, 1.807) is 13.8 Å². The van der Waals surface area contributed by atoms with Crippen molar-refractivity contribution in [3.05, 3.63) is 11.5 Å². The summed E-state index contributed by atoms with van der Waals surface area (Å²) in [6.45, 7) is 4.79. The van der Waals surface area contributed by atoms with Crippen LogP contribution in [-0.2, 0) is 18.3 Å². The fourth-order valence-corrected chi connectivity index (χ4v) is 2.93. The second kappa shape index (κ2) is 9.17. The molecule has 0 saturated carbocycles. The van der Waals surface area contributed by atoms with Crippen LogP contribution in [0.3, 0.4) is 0 Å². The van der Waals surface area contributed by atoms with Gasteiger partial charge < -0.3 is 24.8 Å². The Kier molecular flexibility index (Phi) is 7.92. The van der Waals surface area contributed by atoms with Crippen LogP contribution < -0.4 is 11.1 Å². The van der Waals surface area contributed by atoms with Gasteiger partial charge in [-0.1, -0.05) is 11.6 Å². The summed E-state index contributed by atoms with van der Waals surface area (Å²) in [6.07, 6.45) is 1.20. The highest BCUT2D eigenvalue weighted by atomic mass is 35.5. The van der Waals surface area contributed by atoms with Crippen molar-refractivity contribution in [3.63, 3.8) is 0 Å². The molecule has 1 heterocycles. The van der Waals surface area contributed by atoms with E-state index in [0.29, 0.717) is 25.6 Å². The van der Waals surface area contributed by atoms with Crippen LogP contribution in [0.4, 0.5) is 11.5 Å². The Hall–Kier alpha value is -0.920. The number of hydrogen-bond donors (Lipinski definition) is 2. The summed E-state index contributed by atoms with van der Waals surface area (Å²) in [4.78, 5) is 7.70. The fraction of sp³-hybridized carbons (Fsp3) is 0.636. The van der Waals surface area contributed by atoms with Gasteiger partial charge in [-0.25, -0.2) is 9.97 Å². The number of nitrogens with zero attached hydrogens (tertiary/aromatic N) is 2. The van der Waals surface area contributed by atoms with E-state index in [4.69, 9.17) is 31.1 Å². The van der Waals surface area contributed by atoms with Gasteiger partial charge in [0, 0.05) is 6.54 Å². The van der Waals surface area contributed by atoms with Crippen LogP contribution >= 0.6 is 19.2 Å². The van der Waals surface area contributed by atoms with Crippen LogP contribution in [0.5, 0.6) is 0 Å². The van der Waals surface area contributed by atoms with Crippen LogP contribution in [0.15, 0.2) is 6.33 Å². The number of ether oxygens (including phenoxy) is 1. The average molecular weight is 339 g/mol. The molecule has 120 valence electrons. The summed E-state index contributed by atoms with van der Waals surface area (Å²) < 4.78 is 27.6. The van der Waals surface area contributed by atoms with Gasteiger partial charge in [0.05, 0.1) is 19.8 Å². The van der Waals surface area contributed by atoms with Gasteiger partial charge in [-0.3, -0.25) is 4.57 Å². The van der Waals surface area contributed by atoms with E-state index >= 15 is 0 Å². The molecular weight excluding hydrogens is 319 g/mol. The maximum absolute atomic E-state index is 12.1. The first-order chi connectivity index (χ1) is 10.0. The quantitative estimate of drug-likeness (QED) is 0.380. The van der Waals surface area contributed by atoms with Crippen molar-refractivity contribution in [3.8, 4) is 0 Å². The van der Waals surface area contributed by atoms with E-state index in [-0.39, 0.29) is 23.8 Å². The van der Waals surface area contributed by atoms with Crippen molar-refractivity contribution in [1.29, 1.82) is 0 Å². The molecule has 0 aromatic carbocycles. The Morgan fingerprint density at radius 2 is 2.00 bits per heavy atom. The lowest BCUT2D eigenvalue weighted by Crippen LogP contribution is -2.13. The molecule has 0 aliphatic heterocycles. The lowest BCUT2D eigenvalue weighted by molar-refractivity contribution is 0.138. The van der Waals surface area contributed by atoms with E-state index in [2.05, 4.69) is 15.3 Å². The average Bonchev–Trinajstić information content (AvgIpc) is 2.43. The molecule has 1 aromatic heterocycles. The molecule has 3 N–H and O–H groups in total. The van der Waals surface area contributed by atoms with E-state index in [1.807, 2.05) is 0 Å². The fourth-order valence-electron chi connectivity index (χ4n) is 1.44. The number of anilines is 2. The Balaban J connectivity index is 2.34. The molecule has 0 bridgehead atoms. The molecule has 0 amide bonds. The third-order valence-corrected chi connectivity index (χ3v) is 4.38. The van der Waals surface area contributed by atoms with Crippen LogP contribution in [0.2, 0.25) is 5.15 Å². The summed E-state index contributed by atoms with van der Waals surface area (Å²) in [5.41, 5.74) is 5.97. The minimum absolute atomic E-state index is 0.101. The predicted octanol–water partition coefficient (Wildman–Crippen LogP) is 2.36. The maximum Gasteiger partial charge on any atom is 0.356 e. The van der Waals surface area contributed by atoms with E-state index < -0.39 is 7.60 Å². The molecule has 0 atom stereocenters. The van der Waals surface area contributed by atoms with Gasteiger partial charge in [-0.05, 0) is 13.8 Å². The van der Waals surface area contributed by atoms with Crippen molar-refractivity contribution in [2.75, 3.05) is 43.8 Å². The van der Waals surface area contributed by atoms with Crippen molar-refractivity contribution >= 4 is 30.7 Å². The Bertz CT molecular complexity index is 481. The number of nitrogens with one attached hydrogen (secondary N) is 1. The van der Waals surface area contributed by atoms with Crippen molar-refractivity contribution < 1.29 is 18.3 Å². The molecule has 0 unspecified atom stereocenters. The number of nitrogens with two attached hydrogens (primary N) is 1. The summed E-state index contributed by atoms with van der Waals surface area (Å²) in [7, 11) is -3.17. The second-order valence-electron chi connectivity index (χ2n) is 3.84. The summed E-state index contributed by atoms with van der Waals surface area (Å²) >= 11 is 5.77. The third-order valence-electron chi connectivity index (χ3n) is 2.28.